The van der Waals surface area contributed by atoms with Gasteiger partial charge in [0.25, 0.3) is 0 Å². The maximum absolute atomic E-state index is 13.5. The molecule has 1 amide bonds. The fourth-order valence-electron chi connectivity index (χ4n) is 3.67. The molecule has 2 bridgehead atoms. The minimum atomic E-state index is -0.175. The molecular formula is C18H22FNO2S. The van der Waals surface area contributed by atoms with Gasteiger partial charge in [-0.05, 0) is 37.3 Å². The lowest BCUT2D eigenvalue weighted by molar-refractivity contribution is -0.132. The van der Waals surface area contributed by atoms with Crippen LogP contribution in [0.4, 0.5) is 4.39 Å². The van der Waals surface area contributed by atoms with E-state index < -0.39 is 0 Å². The van der Waals surface area contributed by atoms with Gasteiger partial charge in [-0.25, -0.2) is 4.39 Å². The van der Waals surface area contributed by atoms with E-state index in [0.717, 1.165) is 31.4 Å². The lowest BCUT2D eigenvalue weighted by Gasteiger charge is -2.25. The Balaban J connectivity index is 1.35. The number of nitrogens with one attached hydrogen (secondary N) is 1. The van der Waals surface area contributed by atoms with Crippen molar-refractivity contribution >= 4 is 23.5 Å². The minimum absolute atomic E-state index is 0.00164. The number of thioether (sulfide) groups is 1. The molecule has 2 atom stereocenters. The van der Waals surface area contributed by atoms with Crippen LogP contribution in [0.3, 0.4) is 0 Å². The van der Waals surface area contributed by atoms with Gasteiger partial charge in [0, 0.05) is 35.8 Å². The Labute approximate surface area is 140 Å². The molecule has 2 unspecified atom stereocenters. The number of carbonyl (C=O) groups excluding carboxylic acids is 2. The molecule has 2 saturated carbocycles. The highest BCUT2D eigenvalue weighted by atomic mass is 32.2. The monoisotopic (exact) mass is 335 g/mol. The summed E-state index contributed by atoms with van der Waals surface area (Å²) in [5.41, 5.74) is 0.700. The van der Waals surface area contributed by atoms with E-state index in [9.17, 15) is 14.0 Å². The maximum atomic E-state index is 13.5. The Hall–Kier alpha value is -1.36. The minimum Gasteiger partial charge on any atom is -0.355 e. The second kappa shape index (κ2) is 7.47. The Kier molecular flexibility index (Phi) is 5.36. The highest BCUT2D eigenvalue weighted by Gasteiger charge is 2.43. The molecule has 1 aromatic carbocycles. The number of ketones is 1. The molecule has 0 radical (unpaired) electrons. The molecule has 3 nitrogen and oxygen atoms in total. The fraction of sp³-hybridized carbons (Fsp3) is 0.556. The third kappa shape index (κ3) is 3.94. The summed E-state index contributed by atoms with van der Waals surface area (Å²) in [6.07, 6.45) is 3.38. The van der Waals surface area contributed by atoms with E-state index in [2.05, 4.69) is 5.32 Å². The molecule has 2 aliphatic carbocycles. The van der Waals surface area contributed by atoms with Crippen LogP contribution in [0, 0.1) is 23.6 Å². The van der Waals surface area contributed by atoms with Crippen molar-refractivity contribution in [3.05, 3.63) is 35.6 Å². The van der Waals surface area contributed by atoms with E-state index in [1.165, 1.54) is 6.07 Å². The number of amides is 1. The van der Waals surface area contributed by atoms with E-state index in [1.807, 2.05) is 6.07 Å². The standard InChI is InChI=1S/C18H22FNO2S/c19-16-4-2-1-3-14(16)11-23-8-7-20-18(22)15-9-12-5-6-13(10-15)17(12)21/h1-4,12-13,15H,5-11H2,(H,20,22). The highest BCUT2D eigenvalue weighted by Crippen LogP contribution is 2.41. The molecule has 0 heterocycles. The smallest absolute Gasteiger partial charge is 0.223 e. The molecular weight excluding hydrogens is 313 g/mol. The predicted octanol–water partition coefficient (Wildman–Crippen LogP) is 3.18. The first-order chi connectivity index (χ1) is 11.1. The molecule has 2 aliphatic rings. The summed E-state index contributed by atoms with van der Waals surface area (Å²) < 4.78 is 13.5. The van der Waals surface area contributed by atoms with Gasteiger partial charge in [-0.2, -0.15) is 11.8 Å². The summed E-state index contributed by atoms with van der Waals surface area (Å²) in [7, 11) is 0. The van der Waals surface area contributed by atoms with Gasteiger partial charge in [-0.3, -0.25) is 9.59 Å². The van der Waals surface area contributed by atoms with Gasteiger partial charge in [0.1, 0.15) is 11.6 Å². The van der Waals surface area contributed by atoms with Crippen LogP contribution in [-0.2, 0) is 15.3 Å². The van der Waals surface area contributed by atoms with Crippen molar-refractivity contribution in [3.63, 3.8) is 0 Å². The van der Waals surface area contributed by atoms with Crippen molar-refractivity contribution in [1.82, 2.24) is 5.32 Å². The zero-order valence-corrected chi connectivity index (χ0v) is 13.9. The average molecular weight is 335 g/mol. The van der Waals surface area contributed by atoms with Crippen LogP contribution in [0.1, 0.15) is 31.2 Å². The lowest BCUT2D eigenvalue weighted by Crippen LogP contribution is -2.38. The second-order valence-corrected chi connectivity index (χ2v) is 7.58. The summed E-state index contributed by atoms with van der Waals surface area (Å²) in [4.78, 5) is 24.1. The lowest BCUT2D eigenvalue weighted by atomic mass is 9.79. The van der Waals surface area contributed by atoms with Crippen LogP contribution in [0.25, 0.3) is 0 Å². The molecule has 23 heavy (non-hydrogen) atoms. The molecule has 0 aliphatic heterocycles. The van der Waals surface area contributed by atoms with Crippen LogP contribution in [-0.4, -0.2) is 24.0 Å². The molecule has 1 aromatic rings. The summed E-state index contributed by atoms with van der Waals surface area (Å²) in [5.74, 6) is 1.92. The average Bonchev–Trinajstić information content (AvgIpc) is 2.76. The van der Waals surface area contributed by atoms with Gasteiger partial charge in [0.15, 0.2) is 0 Å². The Morgan fingerprint density at radius 1 is 1.22 bits per heavy atom. The van der Waals surface area contributed by atoms with Crippen LogP contribution in [0.2, 0.25) is 0 Å². The Morgan fingerprint density at radius 3 is 2.61 bits per heavy atom. The van der Waals surface area contributed by atoms with Gasteiger partial charge in [-0.15, -0.1) is 0 Å². The number of Topliss-reactive ketones (excluding diaryl/α,β-unsaturated/α-hetero) is 1. The zero-order valence-electron chi connectivity index (χ0n) is 13.1. The number of halogens is 1. The number of hydrogen-bond donors (Lipinski definition) is 1. The van der Waals surface area contributed by atoms with Crippen molar-refractivity contribution in [2.75, 3.05) is 12.3 Å². The van der Waals surface area contributed by atoms with Gasteiger partial charge in [0.05, 0.1) is 0 Å². The van der Waals surface area contributed by atoms with Crippen molar-refractivity contribution in [1.29, 1.82) is 0 Å². The summed E-state index contributed by atoms with van der Waals surface area (Å²) in [5, 5.41) is 2.97. The van der Waals surface area contributed by atoms with Crippen LogP contribution in [0.5, 0.6) is 0 Å². The molecule has 0 spiro atoms. The maximum Gasteiger partial charge on any atom is 0.223 e. The molecule has 0 saturated heterocycles. The molecule has 0 aromatic heterocycles. The second-order valence-electron chi connectivity index (χ2n) is 6.48. The molecule has 5 heteroatoms. The zero-order chi connectivity index (χ0) is 16.2. The normalized spacial score (nSPS) is 26.3. The van der Waals surface area contributed by atoms with Gasteiger partial charge < -0.3 is 5.32 Å². The molecule has 124 valence electrons. The quantitative estimate of drug-likeness (QED) is 0.812. The summed E-state index contributed by atoms with van der Waals surface area (Å²) in [6.45, 7) is 0.595. The van der Waals surface area contributed by atoms with Crippen molar-refractivity contribution in [2.45, 2.75) is 31.4 Å². The first-order valence-corrected chi connectivity index (χ1v) is 9.43. The number of fused-ring (bicyclic) bond motifs is 2. The van der Waals surface area contributed by atoms with E-state index in [4.69, 9.17) is 0 Å². The molecule has 2 fully saturated rings. The molecule has 1 N–H and O–H groups in total. The van der Waals surface area contributed by atoms with Gasteiger partial charge in [-0.1, -0.05) is 18.2 Å². The third-order valence-electron chi connectivity index (χ3n) is 4.94. The van der Waals surface area contributed by atoms with E-state index in [0.29, 0.717) is 23.6 Å². The fourth-order valence-corrected chi connectivity index (χ4v) is 4.52. The number of benzene rings is 1. The number of rotatable bonds is 6. The van der Waals surface area contributed by atoms with Crippen molar-refractivity contribution in [3.8, 4) is 0 Å². The summed E-state index contributed by atoms with van der Waals surface area (Å²) in [6, 6.07) is 6.78. The largest absolute Gasteiger partial charge is 0.355 e. The first kappa shape index (κ1) is 16.5. The van der Waals surface area contributed by atoms with Gasteiger partial charge in [0.2, 0.25) is 5.91 Å². The van der Waals surface area contributed by atoms with Crippen LogP contribution in [0.15, 0.2) is 24.3 Å². The van der Waals surface area contributed by atoms with E-state index in [1.54, 1.807) is 23.9 Å². The number of hydrogen-bond acceptors (Lipinski definition) is 3. The van der Waals surface area contributed by atoms with E-state index >= 15 is 0 Å². The molecule has 3 rings (SSSR count). The number of carbonyl (C=O) groups is 2. The Morgan fingerprint density at radius 2 is 1.91 bits per heavy atom. The summed E-state index contributed by atoms with van der Waals surface area (Å²) >= 11 is 1.61. The van der Waals surface area contributed by atoms with Crippen LogP contribution < -0.4 is 5.32 Å². The Bertz CT molecular complexity index is 576. The van der Waals surface area contributed by atoms with Crippen molar-refractivity contribution < 1.29 is 14.0 Å². The topological polar surface area (TPSA) is 46.2 Å². The predicted molar refractivity (Wildman–Crippen MR) is 89.5 cm³/mol. The highest BCUT2D eigenvalue weighted by molar-refractivity contribution is 7.98. The third-order valence-corrected chi connectivity index (χ3v) is 5.95. The van der Waals surface area contributed by atoms with Crippen molar-refractivity contribution in [2.24, 2.45) is 17.8 Å². The van der Waals surface area contributed by atoms with E-state index in [-0.39, 0.29) is 29.5 Å². The van der Waals surface area contributed by atoms with Crippen LogP contribution >= 0.6 is 11.8 Å². The van der Waals surface area contributed by atoms with Gasteiger partial charge >= 0.3 is 0 Å². The first-order valence-electron chi connectivity index (χ1n) is 8.27. The SMILES string of the molecule is O=C(NCCSCc1ccccc1F)C1CC2CCC(C1)C2=O.